The number of hydrogen-bond donors (Lipinski definition) is 1. The van der Waals surface area contributed by atoms with E-state index in [2.05, 4.69) is 10.1 Å². The first-order chi connectivity index (χ1) is 6.45. The molecule has 3 nitrogen and oxygen atoms in total. The van der Waals surface area contributed by atoms with E-state index >= 15 is 0 Å². The number of methoxy groups -OCH3 is 1. The van der Waals surface area contributed by atoms with Crippen molar-refractivity contribution in [2.24, 2.45) is 5.92 Å². The van der Waals surface area contributed by atoms with Crippen LogP contribution in [0.25, 0.3) is 0 Å². The van der Waals surface area contributed by atoms with Gasteiger partial charge in [-0.3, -0.25) is 4.79 Å². The fourth-order valence-corrected chi connectivity index (χ4v) is 1.54. The molecule has 0 saturated carbocycles. The molecule has 0 aromatic heterocycles. The lowest BCUT2D eigenvalue weighted by Crippen LogP contribution is -2.47. The molecule has 1 N–H and O–H groups in total. The van der Waals surface area contributed by atoms with Crippen molar-refractivity contribution in [2.45, 2.75) is 25.1 Å². The van der Waals surface area contributed by atoms with Gasteiger partial charge in [-0.25, -0.2) is 0 Å². The molecule has 0 unspecified atom stereocenters. The number of carbonyl (C=O) groups is 1. The Bertz CT molecular complexity index is 217. The van der Waals surface area contributed by atoms with Crippen LogP contribution < -0.4 is 5.32 Å². The number of piperidine rings is 1. The van der Waals surface area contributed by atoms with Gasteiger partial charge in [-0.2, -0.15) is 13.2 Å². The molecular formula is C8H12F3NO2. The zero-order valence-corrected chi connectivity index (χ0v) is 7.73. The Kier molecular flexibility index (Phi) is 3.36. The average Bonchev–Trinajstić information content (AvgIpc) is 2.15. The third-order valence-electron chi connectivity index (χ3n) is 2.35. The van der Waals surface area contributed by atoms with E-state index in [0.717, 1.165) is 0 Å². The van der Waals surface area contributed by atoms with Crippen LogP contribution >= 0.6 is 0 Å². The summed E-state index contributed by atoms with van der Waals surface area (Å²) in [4.78, 5) is 11.0. The van der Waals surface area contributed by atoms with Gasteiger partial charge >= 0.3 is 12.1 Å². The summed E-state index contributed by atoms with van der Waals surface area (Å²) in [7, 11) is 1.17. The Morgan fingerprint density at radius 1 is 1.50 bits per heavy atom. The molecule has 0 spiro atoms. The molecule has 2 atom stereocenters. The Morgan fingerprint density at radius 2 is 2.14 bits per heavy atom. The van der Waals surface area contributed by atoms with Gasteiger partial charge in [0.1, 0.15) is 6.04 Å². The maximum Gasteiger partial charge on any atom is 0.391 e. The van der Waals surface area contributed by atoms with Crippen LogP contribution in [0.1, 0.15) is 12.8 Å². The summed E-state index contributed by atoms with van der Waals surface area (Å²) < 4.78 is 41.3. The van der Waals surface area contributed by atoms with E-state index in [4.69, 9.17) is 0 Å². The standard InChI is InChI=1S/C8H12F3NO2/c1-14-7(13)6-4-5(2-3-12-6)8(9,10)11/h5-6,12H,2-4H2,1H3/t5-,6-/m0/s1. The minimum Gasteiger partial charge on any atom is -0.468 e. The molecule has 82 valence electrons. The molecule has 14 heavy (non-hydrogen) atoms. The van der Waals surface area contributed by atoms with Crippen LogP contribution in [0.2, 0.25) is 0 Å². The summed E-state index contributed by atoms with van der Waals surface area (Å²) in [5.41, 5.74) is 0. The summed E-state index contributed by atoms with van der Waals surface area (Å²) >= 11 is 0. The zero-order chi connectivity index (χ0) is 10.8. The molecule has 1 saturated heterocycles. The normalized spacial score (nSPS) is 28.6. The van der Waals surface area contributed by atoms with E-state index in [1.165, 1.54) is 7.11 Å². The Morgan fingerprint density at radius 3 is 2.64 bits per heavy atom. The molecule has 0 bridgehead atoms. The topological polar surface area (TPSA) is 38.3 Å². The summed E-state index contributed by atoms with van der Waals surface area (Å²) in [5.74, 6) is -2.02. The first kappa shape index (κ1) is 11.3. The van der Waals surface area contributed by atoms with Gasteiger partial charge in [0, 0.05) is 0 Å². The van der Waals surface area contributed by atoms with Crippen molar-refractivity contribution >= 4 is 5.97 Å². The predicted octanol–water partition coefficient (Wildman–Crippen LogP) is 1.09. The van der Waals surface area contributed by atoms with Gasteiger partial charge in [0.2, 0.25) is 0 Å². The van der Waals surface area contributed by atoms with E-state index in [1.807, 2.05) is 0 Å². The lowest BCUT2D eigenvalue weighted by Gasteiger charge is -2.29. The average molecular weight is 211 g/mol. The second-order valence-corrected chi connectivity index (χ2v) is 3.29. The van der Waals surface area contributed by atoms with Crippen molar-refractivity contribution in [1.82, 2.24) is 5.32 Å². The van der Waals surface area contributed by atoms with Gasteiger partial charge in [0.15, 0.2) is 0 Å². The summed E-state index contributed by atoms with van der Waals surface area (Å²) in [5, 5.41) is 2.70. The van der Waals surface area contributed by atoms with Crippen molar-refractivity contribution in [3.05, 3.63) is 0 Å². The van der Waals surface area contributed by atoms with E-state index in [0.29, 0.717) is 0 Å². The number of rotatable bonds is 1. The molecule has 1 fully saturated rings. The minimum absolute atomic E-state index is 0.0248. The first-order valence-electron chi connectivity index (χ1n) is 4.33. The highest BCUT2D eigenvalue weighted by Crippen LogP contribution is 2.34. The van der Waals surface area contributed by atoms with E-state index in [-0.39, 0.29) is 19.4 Å². The van der Waals surface area contributed by atoms with Gasteiger partial charge in [-0.1, -0.05) is 0 Å². The van der Waals surface area contributed by atoms with Crippen molar-refractivity contribution in [2.75, 3.05) is 13.7 Å². The largest absolute Gasteiger partial charge is 0.468 e. The van der Waals surface area contributed by atoms with E-state index in [1.54, 1.807) is 0 Å². The minimum atomic E-state index is -4.21. The molecule has 1 aliphatic heterocycles. The zero-order valence-electron chi connectivity index (χ0n) is 7.73. The summed E-state index contributed by atoms with van der Waals surface area (Å²) in [6.07, 6.45) is -4.42. The van der Waals surface area contributed by atoms with Gasteiger partial charge in [0.05, 0.1) is 13.0 Å². The van der Waals surface area contributed by atoms with Crippen LogP contribution in [0.3, 0.4) is 0 Å². The fourth-order valence-electron chi connectivity index (χ4n) is 1.54. The van der Waals surface area contributed by atoms with E-state index < -0.39 is 24.1 Å². The number of halogens is 3. The molecule has 1 aliphatic rings. The van der Waals surface area contributed by atoms with Gasteiger partial charge in [-0.15, -0.1) is 0 Å². The maximum absolute atomic E-state index is 12.3. The number of hydrogen-bond acceptors (Lipinski definition) is 3. The predicted molar refractivity (Wildman–Crippen MR) is 42.6 cm³/mol. The fraction of sp³-hybridized carbons (Fsp3) is 0.875. The van der Waals surface area contributed by atoms with Crippen molar-refractivity contribution < 1.29 is 22.7 Å². The van der Waals surface area contributed by atoms with E-state index in [9.17, 15) is 18.0 Å². The second kappa shape index (κ2) is 4.16. The Labute approximate surface area is 79.6 Å². The highest BCUT2D eigenvalue weighted by Gasteiger charge is 2.43. The molecule has 0 amide bonds. The number of carbonyl (C=O) groups excluding carboxylic acids is 1. The molecule has 0 radical (unpaired) electrons. The monoisotopic (exact) mass is 211 g/mol. The van der Waals surface area contributed by atoms with Gasteiger partial charge < -0.3 is 10.1 Å². The van der Waals surface area contributed by atoms with Gasteiger partial charge in [-0.05, 0) is 19.4 Å². The smallest absolute Gasteiger partial charge is 0.391 e. The molecule has 6 heteroatoms. The van der Waals surface area contributed by atoms with Crippen LogP contribution in [0.4, 0.5) is 13.2 Å². The highest BCUT2D eigenvalue weighted by atomic mass is 19.4. The first-order valence-corrected chi connectivity index (χ1v) is 4.33. The molecular weight excluding hydrogens is 199 g/mol. The SMILES string of the molecule is COC(=O)[C@@H]1C[C@@H](C(F)(F)F)CCN1. The lowest BCUT2D eigenvalue weighted by atomic mass is 9.92. The van der Waals surface area contributed by atoms with Crippen LogP contribution in [0, 0.1) is 5.92 Å². The van der Waals surface area contributed by atoms with Crippen molar-refractivity contribution in [3.8, 4) is 0 Å². The maximum atomic E-state index is 12.3. The van der Waals surface area contributed by atoms with Crippen molar-refractivity contribution in [3.63, 3.8) is 0 Å². The Hall–Kier alpha value is -0.780. The summed E-state index contributed by atoms with van der Waals surface area (Å²) in [6, 6.07) is -0.819. The molecule has 0 aromatic rings. The highest BCUT2D eigenvalue weighted by molar-refractivity contribution is 5.75. The van der Waals surface area contributed by atoms with Crippen LogP contribution in [-0.2, 0) is 9.53 Å². The quantitative estimate of drug-likeness (QED) is 0.660. The molecule has 1 rings (SSSR count). The number of alkyl halides is 3. The number of ether oxygens (including phenoxy) is 1. The molecule has 0 aliphatic carbocycles. The summed E-state index contributed by atoms with van der Waals surface area (Å²) in [6.45, 7) is 0.198. The third kappa shape index (κ3) is 2.60. The number of nitrogens with one attached hydrogen (secondary N) is 1. The molecule has 0 aromatic carbocycles. The van der Waals surface area contributed by atoms with Gasteiger partial charge in [0.25, 0.3) is 0 Å². The lowest BCUT2D eigenvalue weighted by molar-refractivity contribution is -0.185. The third-order valence-corrected chi connectivity index (χ3v) is 2.35. The Balaban J connectivity index is 2.56. The van der Waals surface area contributed by atoms with Crippen molar-refractivity contribution in [1.29, 1.82) is 0 Å². The van der Waals surface area contributed by atoms with Crippen LogP contribution in [0.5, 0.6) is 0 Å². The van der Waals surface area contributed by atoms with Crippen LogP contribution in [-0.4, -0.2) is 31.8 Å². The van der Waals surface area contributed by atoms with Crippen LogP contribution in [0.15, 0.2) is 0 Å². The number of esters is 1. The molecule has 1 heterocycles. The second-order valence-electron chi connectivity index (χ2n) is 3.29.